The number of fused-ring (bicyclic) bond motifs is 1. The first-order valence-electron chi connectivity index (χ1n) is 17.2. The Morgan fingerprint density at radius 1 is 0.863 bits per heavy atom. The molecule has 0 radical (unpaired) electrons. The molecule has 4 nitrogen and oxygen atoms in total. The predicted molar refractivity (Wildman–Crippen MR) is 210 cm³/mol. The van der Waals surface area contributed by atoms with E-state index in [9.17, 15) is 10.2 Å². The van der Waals surface area contributed by atoms with E-state index in [0.717, 1.165) is 22.3 Å². The summed E-state index contributed by atoms with van der Waals surface area (Å²) in [7, 11) is 0. The number of ketones is 1. The van der Waals surface area contributed by atoms with Crippen molar-refractivity contribution in [2.45, 2.75) is 60.3 Å². The smallest absolute Gasteiger partial charge is 0.855 e. The van der Waals surface area contributed by atoms with Gasteiger partial charge in [-0.25, -0.2) is 5.71 Å². The van der Waals surface area contributed by atoms with E-state index in [1.165, 1.54) is 67.7 Å². The van der Waals surface area contributed by atoms with Gasteiger partial charge in [0.25, 0.3) is 0 Å². The molecule has 0 bridgehead atoms. The van der Waals surface area contributed by atoms with Gasteiger partial charge in [-0.1, -0.05) is 86.2 Å². The number of rotatable bonds is 7. The summed E-state index contributed by atoms with van der Waals surface area (Å²) in [5.74, 6) is 0.493. The van der Waals surface area contributed by atoms with Gasteiger partial charge in [-0.3, -0.25) is 9.78 Å². The molecule has 1 heterocycles. The quantitative estimate of drug-likeness (QED) is 0.0583. The van der Waals surface area contributed by atoms with E-state index in [-0.39, 0.29) is 31.6 Å². The molecule has 0 amide bonds. The number of nitrogens with zero attached hydrogens (tertiary/aromatic N) is 2. The predicted octanol–water partition coefficient (Wildman–Crippen LogP) is 12.0. The first-order chi connectivity index (χ1) is 24.1. The average Bonchev–Trinajstić information content (AvgIpc) is 3.12. The Morgan fingerprint density at radius 3 is 2.06 bits per heavy atom. The van der Waals surface area contributed by atoms with Gasteiger partial charge in [0.1, 0.15) is 0 Å². The van der Waals surface area contributed by atoms with Crippen LogP contribution in [-0.4, -0.2) is 21.6 Å². The third kappa shape index (κ3) is 12.8. The second kappa shape index (κ2) is 20.2. The molecule has 1 aliphatic carbocycles. The van der Waals surface area contributed by atoms with Crippen LogP contribution in [0.25, 0.3) is 38.7 Å². The monoisotopic (exact) mass is 852 g/mol. The zero-order valence-corrected chi connectivity index (χ0v) is 32.6. The molecule has 4 aromatic carbocycles. The maximum atomic E-state index is 10.3. The molecule has 1 aliphatic rings. The summed E-state index contributed by atoms with van der Waals surface area (Å²) < 4.78 is 0. The van der Waals surface area contributed by atoms with Gasteiger partial charge in [0, 0.05) is 11.5 Å². The van der Waals surface area contributed by atoms with Crippen molar-refractivity contribution in [1.82, 2.24) is 4.98 Å². The normalized spacial score (nSPS) is 14.4. The third-order valence-corrected chi connectivity index (χ3v) is 8.66. The van der Waals surface area contributed by atoms with Crippen LogP contribution in [0.4, 0.5) is 0 Å². The first kappa shape index (κ1) is 40.7. The second-order valence-corrected chi connectivity index (χ2v) is 13.4. The van der Waals surface area contributed by atoms with Crippen molar-refractivity contribution in [3.05, 3.63) is 168 Å². The molecule has 0 saturated heterocycles. The van der Waals surface area contributed by atoms with Crippen LogP contribution in [0.2, 0.25) is 0 Å². The average molecular weight is 852 g/mol. The van der Waals surface area contributed by atoms with Crippen LogP contribution < -0.4 is 0 Å². The fourth-order valence-electron chi connectivity index (χ4n) is 6.03. The number of hydrogen-bond donors (Lipinski definition) is 1. The molecule has 51 heavy (non-hydrogen) atoms. The minimum Gasteiger partial charge on any atom is -0.855 e. The molecule has 1 fully saturated rings. The molecular formula is C46H47IrN2O2. The van der Waals surface area contributed by atoms with Crippen LogP contribution in [0.5, 0.6) is 0 Å². The molecule has 1 N–H and O–H groups in total. The van der Waals surface area contributed by atoms with Crippen LogP contribution in [0.15, 0.2) is 145 Å². The topological polar surface area (TPSA) is 72.5 Å². The number of para-hydroxylation sites is 1. The Morgan fingerprint density at radius 2 is 1.49 bits per heavy atom. The van der Waals surface area contributed by atoms with Crippen LogP contribution in [-0.2, 0) is 24.9 Å². The minimum absolute atomic E-state index is 0. The number of carbonyl (C=O) groups excluding carboxylic acids is 1. The van der Waals surface area contributed by atoms with Gasteiger partial charge in [-0.05, 0) is 80.7 Å². The van der Waals surface area contributed by atoms with Crippen LogP contribution in [0, 0.1) is 23.5 Å². The maximum Gasteiger partial charge on any atom is 3.00 e. The first-order valence-corrected chi connectivity index (χ1v) is 17.2. The Hall–Kier alpha value is -4.70. The SMILES string of the molecule is C/C=C\C(=C/C(=[N-])c1[c-]cccc1)C1CCC(C)(C)CC1.CC(=O)/C=C(/C)O.[Ir+3].[c-]1ccccc1-c1cc(-c2ccccc2)c2ccccc2n1. The third-order valence-electron chi connectivity index (χ3n) is 8.66. The number of carbonyl (C=O) groups is 1. The van der Waals surface area contributed by atoms with Crippen molar-refractivity contribution >= 4 is 22.4 Å². The number of benzene rings is 4. The molecule has 5 aromatic rings. The van der Waals surface area contributed by atoms with Crippen LogP contribution >= 0.6 is 0 Å². The Labute approximate surface area is 317 Å². The number of pyridine rings is 1. The van der Waals surface area contributed by atoms with Gasteiger partial charge in [-0.2, -0.15) is 5.56 Å². The minimum atomic E-state index is -0.125. The second-order valence-electron chi connectivity index (χ2n) is 13.4. The fourth-order valence-corrected chi connectivity index (χ4v) is 6.03. The zero-order valence-electron chi connectivity index (χ0n) is 30.2. The number of allylic oxidation sites excluding steroid dienone is 6. The van der Waals surface area contributed by atoms with Gasteiger partial charge in [0.15, 0.2) is 5.78 Å². The summed E-state index contributed by atoms with van der Waals surface area (Å²) >= 11 is 0. The fraction of sp³-hybridized carbons (Fsp3) is 0.239. The van der Waals surface area contributed by atoms with Gasteiger partial charge in [0.05, 0.1) is 11.3 Å². The summed E-state index contributed by atoms with van der Waals surface area (Å²) in [6.07, 6.45) is 12.2. The molecule has 0 atom stereocenters. The van der Waals surface area contributed by atoms with Crippen molar-refractivity contribution in [1.29, 1.82) is 0 Å². The number of hydrogen-bond acceptors (Lipinski definition) is 3. The Bertz CT molecular complexity index is 1930. The van der Waals surface area contributed by atoms with E-state index in [1.54, 1.807) is 0 Å². The summed E-state index contributed by atoms with van der Waals surface area (Å²) in [6.45, 7) is 9.59. The molecule has 5 heteroatoms. The summed E-state index contributed by atoms with van der Waals surface area (Å²) in [4.78, 5) is 14.8. The molecule has 0 unspecified atom stereocenters. The number of aliphatic hydroxyl groups excluding tert-OH is 1. The van der Waals surface area contributed by atoms with Crippen molar-refractivity contribution in [2.75, 3.05) is 0 Å². The molecule has 0 aliphatic heterocycles. The number of aromatic nitrogens is 1. The van der Waals surface area contributed by atoms with E-state index >= 15 is 0 Å². The van der Waals surface area contributed by atoms with E-state index in [0.29, 0.717) is 17.0 Å². The van der Waals surface area contributed by atoms with E-state index in [2.05, 4.69) is 86.7 Å². The number of aliphatic hydroxyl groups is 1. The van der Waals surface area contributed by atoms with Gasteiger partial charge in [0.2, 0.25) is 0 Å². The zero-order chi connectivity index (χ0) is 35.9. The van der Waals surface area contributed by atoms with Crippen molar-refractivity contribution in [2.24, 2.45) is 11.3 Å². The van der Waals surface area contributed by atoms with Gasteiger partial charge < -0.3 is 10.5 Å². The van der Waals surface area contributed by atoms with E-state index in [1.807, 2.05) is 73.7 Å². The molecular weight excluding hydrogens is 805 g/mol. The van der Waals surface area contributed by atoms with Crippen molar-refractivity contribution in [3.63, 3.8) is 0 Å². The molecule has 262 valence electrons. The summed E-state index contributed by atoms with van der Waals surface area (Å²) in [6, 6.07) is 42.8. The van der Waals surface area contributed by atoms with Crippen molar-refractivity contribution in [3.8, 4) is 22.4 Å². The van der Waals surface area contributed by atoms with Crippen LogP contribution in [0.3, 0.4) is 0 Å². The maximum absolute atomic E-state index is 10.3. The van der Waals surface area contributed by atoms with Crippen molar-refractivity contribution < 1.29 is 30.0 Å². The largest absolute Gasteiger partial charge is 3.00 e. The van der Waals surface area contributed by atoms with Gasteiger partial charge >= 0.3 is 20.1 Å². The van der Waals surface area contributed by atoms with Crippen LogP contribution in [0.1, 0.15) is 65.9 Å². The Kier molecular flexibility index (Phi) is 16.2. The van der Waals surface area contributed by atoms with Gasteiger partial charge in [-0.15, -0.1) is 72.3 Å². The molecule has 1 aromatic heterocycles. The summed E-state index contributed by atoms with van der Waals surface area (Å²) in [5.41, 5.74) is 8.18. The standard InChI is InChI=1S/C21H14N.C20H25N.C5H8O2.Ir/c1-3-9-16(10-4-1)19-15-21(17-11-5-2-6-12-17)22-20-14-8-7-13-18(19)20;1-4-8-18(16-11-13-20(2,3)14-12-16)15-19(21)17-9-6-5-7-10-17;1-4(6)3-5(2)7;/h1-11,13-15H;4-9,15-16H,11-14H2,1-3H3;3,6H,1-2H3;/q-1;-2;;+3/b;8-4-,18-15+;4-3-;. The molecule has 1 saturated carbocycles. The Balaban J connectivity index is 0.000000229. The van der Waals surface area contributed by atoms with E-state index < -0.39 is 0 Å². The van der Waals surface area contributed by atoms with E-state index in [4.69, 9.17) is 10.1 Å². The molecule has 0 spiro atoms. The summed E-state index contributed by atoms with van der Waals surface area (Å²) in [5, 5.41) is 19.9. The molecule has 6 rings (SSSR count).